The number of halogens is 1. The van der Waals surface area contributed by atoms with E-state index in [0.29, 0.717) is 45.9 Å². The van der Waals surface area contributed by atoms with Gasteiger partial charge in [-0.3, -0.25) is 4.79 Å². The van der Waals surface area contributed by atoms with E-state index >= 15 is 0 Å². The number of hydrogen-bond donors (Lipinski definition) is 2. The highest BCUT2D eigenvalue weighted by molar-refractivity contribution is 14.0. The molecule has 172 valence electrons. The van der Waals surface area contributed by atoms with E-state index in [4.69, 9.17) is 9.47 Å². The highest BCUT2D eigenvalue weighted by atomic mass is 127. The van der Waals surface area contributed by atoms with E-state index in [-0.39, 0.29) is 29.9 Å². The van der Waals surface area contributed by atoms with Crippen LogP contribution in [0.25, 0.3) is 0 Å². The summed E-state index contributed by atoms with van der Waals surface area (Å²) in [5.41, 5.74) is 2.24. The van der Waals surface area contributed by atoms with Gasteiger partial charge in [-0.15, -0.1) is 24.0 Å². The van der Waals surface area contributed by atoms with Crippen molar-refractivity contribution in [1.29, 1.82) is 0 Å². The van der Waals surface area contributed by atoms with Crippen molar-refractivity contribution < 1.29 is 14.3 Å². The normalized spacial score (nSPS) is 11.0. The Bertz CT molecular complexity index is 610. The van der Waals surface area contributed by atoms with E-state index < -0.39 is 0 Å². The number of rotatable bonds is 14. The first-order chi connectivity index (χ1) is 14.1. The van der Waals surface area contributed by atoms with Crippen molar-refractivity contribution in [2.45, 2.75) is 47.3 Å². The second kappa shape index (κ2) is 18.4. The Labute approximate surface area is 199 Å². The number of carbonyl (C=O) groups excluding carboxylic acids is 1. The van der Waals surface area contributed by atoms with Gasteiger partial charge >= 0.3 is 0 Å². The number of nitrogens with zero attached hydrogens (tertiary/aromatic N) is 2. The minimum absolute atomic E-state index is 0. The van der Waals surface area contributed by atoms with Crippen LogP contribution in [0, 0.1) is 0 Å². The second-order valence-corrected chi connectivity index (χ2v) is 6.51. The summed E-state index contributed by atoms with van der Waals surface area (Å²) in [4.78, 5) is 18.6. The zero-order valence-corrected chi connectivity index (χ0v) is 21.2. The van der Waals surface area contributed by atoms with E-state index in [1.807, 2.05) is 38.7 Å². The van der Waals surface area contributed by atoms with Crippen molar-refractivity contribution in [3.05, 3.63) is 35.4 Å². The van der Waals surface area contributed by atoms with Crippen LogP contribution in [-0.4, -0.2) is 62.8 Å². The number of carbonyl (C=O) groups is 1. The van der Waals surface area contributed by atoms with Gasteiger partial charge < -0.3 is 25.0 Å². The van der Waals surface area contributed by atoms with E-state index in [1.54, 1.807) is 0 Å². The molecular formula is C22H39IN4O3. The molecule has 7 nitrogen and oxygen atoms in total. The van der Waals surface area contributed by atoms with Crippen LogP contribution in [0.1, 0.15) is 45.2 Å². The molecular weight excluding hydrogens is 495 g/mol. The molecule has 0 radical (unpaired) electrons. The van der Waals surface area contributed by atoms with Crippen LogP contribution < -0.4 is 10.6 Å². The molecule has 0 bridgehead atoms. The van der Waals surface area contributed by atoms with Gasteiger partial charge in [0.15, 0.2) is 5.96 Å². The standard InChI is InChI=1S/C22H38N4O3.HI/c1-5-23-22(24-13-12-21(27)26(6-2)7-3)25-17-19-10-9-11-20(16-19)18-29-15-14-28-8-4;/h9-11,16H,5-8,12-15,17-18H2,1-4H3,(H2,23,24,25);1H. The van der Waals surface area contributed by atoms with Gasteiger partial charge in [-0.25, -0.2) is 4.99 Å². The quantitative estimate of drug-likeness (QED) is 0.166. The molecule has 0 aliphatic carbocycles. The number of nitrogens with one attached hydrogen (secondary N) is 2. The average Bonchev–Trinajstić information content (AvgIpc) is 2.73. The second-order valence-electron chi connectivity index (χ2n) is 6.51. The molecule has 30 heavy (non-hydrogen) atoms. The van der Waals surface area contributed by atoms with E-state index in [0.717, 1.165) is 36.7 Å². The molecule has 0 aliphatic heterocycles. The fraction of sp³-hybridized carbons (Fsp3) is 0.636. The number of benzene rings is 1. The summed E-state index contributed by atoms with van der Waals surface area (Å²) in [5, 5.41) is 6.47. The molecule has 0 spiro atoms. The molecule has 1 rings (SSSR count). The molecule has 0 atom stereocenters. The molecule has 1 aromatic rings. The first-order valence-corrected chi connectivity index (χ1v) is 10.7. The molecule has 0 aromatic heterocycles. The number of aliphatic imine (C=N–C) groups is 1. The van der Waals surface area contributed by atoms with Gasteiger partial charge in [0.1, 0.15) is 0 Å². The SMILES string of the molecule is CCNC(=NCc1cccc(COCCOCC)c1)NCCC(=O)N(CC)CC.I. The predicted octanol–water partition coefficient (Wildman–Crippen LogP) is 3.17. The summed E-state index contributed by atoms with van der Waals surface area (Å²) >= 11 is 0. The number of guanidine groups is 1. The van der Waals surface area contributed by atoms with Gasteiger partial charge in [-0.2, -0.15) is 0 Å². The molecule has 0 heterocycles. The Balaban J connectivity index is 0.00000841. The third kappa shape index (κ3) is 12.3. The van der Waals surface area contributed by atoms with E-state index in [1.165, 1.54) is 0 Å². The van der Waals surface area contributed by atoms with E-state index in [9.17, 15) is 4.79 Å². The Hall–Kier alpha value is -1.39. The van der Waals surface area contributed by atoms with Crippen molar-refractivity contribution in [2.75, 3.05) is 46.0 Å². The Morgan fingerprint density at radius 2 is 1.73 bits per heavy atom. The predicted molar refractivity (Wildman–Crippen MR) is 133 cm³/mol. The third-order valence-corrected chi connectivity index (χ3v) is 4.35. The summed E-state index contributed by atoms with van der Waals surface area (Å²) in [5.74, 6) is 0.883. The summed E-state index contributed by atoms with van der Waals surface area (Å²) in [6.45, 7) is 13.9. The Morgan fingerprint density at radius 1 is 1.03 bits per heavy atom. The molecule has 0 saturated carbocycles. The van der Waals surface area contributed by atoms with Crippen molar-refractivity contribution in [3.63, 3.8) is 0 Å². The van der Waals surface area contributed by atoms with Crippen molar-refractivity contribution in [2.24, 2.45) is 4.99 Å². The van der Waals surface area contributed by atoms with Gasteiger partial charge in [0, 0.05) is 39.2 Å². The number of amides is 1. The van der Waals surface area contributed by atoms with Crippen LogP contribution in [0.2, 0.25) is 0 Å². The molecule has 0 saturated heterocycles. The summed E-state index contributed by atoms with van der Waals surface area (Å²) in [6, 6.07) is 8.24. The maximum absolute atomic E-state index is 12.1. The van der Waals surface area contributed by atoms with Crippen LogP contribution in [0.15, 0.2) is 29.3 Å². The van der Waals surface area contributed by atoms with E-state index in [2.05, 4.69) is 33.8 Å². The van der Waals surface area contributed by atoms with Crippen LogP contribution in [-0.2, 0) is 27.4 Å². The lowest BCUT2D eigenvalue weighted by atomic mass is 10.1. The molecule has 8 heteroatoms. The number of hydrogen-bond acceptors (Lipinski definition) is 4. The van der Waals surface area contributed by atoms with Crippen LogP contribution >= 0.6 is 24.0 Å². The lowest BCUT2D eigenvalue weighted by molar-refractivity contribution is -0.130. The monoisotopic (exact) mass is 534 g/mol. The van der Waals surface area contributed by atoms with Crippen molar-refractivity contribution in [3.8, 4) is 0 Å². The molecule has 1 aromatic carbocycles. The van der Waals surface area contributed by atoms with Gasteiger partial charge in [0.25, 0.3) is 0 Å². The minimum atomic E-state index is 0. The summed E-state index contributed by atoms with van der Waals surface area (Å²) < 4.78 is 10.9. The molecule has 1 amide bonds. The first-order valence-electron chi connectivity index (χ1n) is 10.7. The van der Waals surface area contributed by atoms with Crippen LogP contribution in [0.5, 0.6) is 0 Å². The number of ether oxygens (including phenoxy) is 2. The van der Waals surface area contributed by atoms with Gasteiger partial charge in [-0.05, 0) is 38.8 Å². The molecule has 0 unspecified atom stereocenters. The lowest BCUT2D eigenvalue weighted by Crippen LogP contribution is -2.40. The molecule has 0 fully saturated rings. The highest BCUT2D eigenvalue weighted by Gasteiger charge is 2.09. The first kappa shape index (κ1) is 28.6. The lowest BCUT2D eigenvalue weighted by Gasteiger charge is -2.19. The fourth-order valence-corrected chi connectivity index (χ4v) is 2.80. The van der Waals surface area contributed by atoms with Crippen LogP contribution in [0.4, 0.5) is 0 Å². The smallest absolute Gasteiger partial charge is 0.224 e. The summed E-state index contributed by atoms with van der Waals surface area (Å²) in [6.07, 6.45) is 0.459. The maximum atomic E-state index is 12.1. The molecule has 0 aliphatic rings. The third-order valence-electron chi connectivity index (χ3n) is 4.35. The topological polar surface area (TPSA) is 75.2 Å². The average molecular weight is 534 g/mol. The highest BCUT2D eigenvalue weighted by Crippen LogP contribution is 2.08. The van der Waals surface area contributed by atoms with Crippen molar-refractivity contribution in [1.82, 2.24) is 15.5 Å². The zero-order valence-electron chi connectivity index (χ0n) is 18.9. The zero-order chi connectivity index (χ0) is 21.3. The fourth-order valence-electron chi connectivity index (χ4n) is 2.80. The van der Waals surface area contributed by atoms with Gasteiger partial charge in [0.05, 0.1) is 26.4 Å². The maximum Gasteiger partial charge on any atom is 0.224 e. The van der Waals surface area contributed by atoms with Crippen molar-refractivity contribution >= 4 is 35.8 Å². The van der Waals surface area contributed by atoms with Crippen LogP contribution in [0.3, 0.4) is 0 Å². The minimum Gasteiger partial charge on any atom is -0.379 e. The Morgan fingerprint density at radius 3 is 2.40 bits per heavy atom. The van der Waals surface area contributed by atoms with Gasteiger partial charge in [0.2, 0.25) is 5.91 Å². The Kier molecular flexibility index (Phi) is 17.5. The van der Waals surface area contributed by atoms with Gasteiger partial charge in [-0.1, -0.05) is 24.3 Å². The largest absolute Gasteiger partial charge is 0.379 e. The summed E-state index contributed by atoms with van der Waals surface area (Å²) in [7, 11) is 0. The molecule has 2 N–H and O–H groups in total.